The second-order valence-corrected chi connectivity index (χ2v) is 6.70. The molecule has 1 unspecified atom stereocenters. The molecular weight excluding hydrogens is 380 g/mol. The molecule has 3 heterocycles. The Bertz CT molecular complexity index is 1030. The number of aromatic nitrogens is 4. The van der Waals surface area contributed by atoms with Gasteiger partial charge in [0.2, 0.25) is 5.95 Å². The molecule has 11 nitrogen and oxygen atoms in total. The summed E-state index contributed by atoms with van der Waals surface area (Å²) in [7, 11) is 0. The van der Waals surface area contributed by atoms with E-state index in [1.807, 2.05) is 0 Å². The summed E-state index contributed by atoms with van der Waals surface area (Å²) < 4.78 is 7.23. The average molecular weight is 400 g/mol. The summed E-state index contributed by atoms with van der Waals surface area (Å²) in [5.74, 6) is -1.00. The summed E-state index contributed by atoms with van der Waals surface area (Å²) in [6.45, 7) is -0.314. The second-order valence-electron chi connectivity index (χ2n) is 6.70. The molecular formula is C18H20N6O5. The molecule has 1 saturated heterocycles. The van der Waals surface area contributed by atoms with Crippen LogP contribution in [0.2, 0.25) is 0 Å². The van der Waals surface area contributed by atoms with E-state index in [1.54, 1.807) is 34.9 Å². The number of carboxylic acid groups (broad SMARTS) is 1. The zero-order valence-corrected chi connectivity index (χ0v) is 15.2. The molecule has 4 rings (SSSR count). The number of hydrogen-bond acceptors (Lipinski definition) is 9. The number of nitrogens with one attached hydrogen (secondary N) is 1. The van der Waals surface area contributed by atoms with E-state index in [0.717, 1.165) is 0 Å². The molecule has 6 N–H and O–H groups in total. The first kappa shape index (κ1) is 19.1. The predicted molar refractivity (Wildman–Crippen MR) is 102 cm³/mol. The van der Waals surface area contributed by atoms with Gasteiger partial charge in [-0.1, -0.05) is 30.3 Å². The third-order valence-corrected chi connectivity index (χ3v) is 4.80. The van der Waals surface area contributed by atoms with E-state index in [0.29, 0.717) is 16.7 Å². The molecule has 1 fully saturated rings. The van der Waals surface area contributed by atoms with E-state index in [1.165, 1.54) is 6.33 Å². The standard InChI is InChI=1S/C18H20N6O5/c19-15-14-16(24(8-20-14)12-6-10(26)11(7-25)29-12)23-18(22-15)21-13(17(27)28)9-4-2-1-3-5-9/h1-5,8,10-13,25-26H,6-7H2,(H,27,28)(H3,19,21,22,23)/t10-,11+,12+,13?/m0/s1. The van der Waals surface area contributed by atoms with E-state index in [-0.39, 0.29) is 24.8 Å². The minimum Gasteiger partial charge on any atom is -0.479 e. The number of imidazole rings is 1. The van der Waals surface area contributed by atoms with Crippen LogP contribution in [0.4, 0.5) is 11.8 Å². The number of fused-ring (bicyclic) bond motifs is 1. The van der Waals surface area contributed by atoms with Crippen LogP contribution < -0.4 is 11.1 Å². The number of aliphatic hydroxyl groups excluding tert-OH is 2. The molecule has 0 bridgehead atoms. The van der Waals surface area contributed by atoms with Crippen LogP contribution in [-0.2, 0) is 9.53 Å². The number of carboxylic acids is 1. The van der Waals surface area contributed by atoms with Crippen LogP contribution in [0.5, 0.6) is 0 Å². The Morgan fingerprint density at radius 3 is 2.76 bits per heavy atom. The van der Waals surface area contributed by atoms with E-state index in [4.69, 9.17) is 10.5 Å². The summed E-state index contributed by atoms with van der Waals surface area (Å²) in [4.78, 5) is 24.4. The number of rotatable bonds is 6. The van der Waals surface area contributed by atoms with Crippen LogP contribution in [0.25, 0.3) is 11.2 Å². The Morgan fingerprint density at radius 1 is 1.34 bits per heavy atom. The highest BCUT2D eigenvalue weighted by Gasteiger charge is 2.35. The number of hydrogen-bond donors (Lipinski definition) is 5. The van der Waals surface area contributed by atoms with Crippen LogP contribution >= 0.6 is 0 Å². The fourth-order valence-corrected chi connectivity index (χ4v) is 3.33. The number of benzene rings is 1. The predicted octanol–water partition coefficient (Wildman–Crippen LogP) is 0.287. The number of carbonyl (C=O) groups is 1. The lowest BCUT2D eigenvalue weighted by Crippen LogP contribution is -2.24. The fourth-order valence-electron chi connectivity index (χ4n) is 3.33. The third kappa shape index (κ3) is 3.58. The lowest BCUT2D eigenvalue weighted by Gasteiger charge is -2.16. The van der Waals surface area contributed by atoms with Gasteiger partial charge in [0.05, 0.1) is 19.0 Å². The van der Waals surface area contributed by atoms with Gasteiger partial charge in [0.15, 0.2) is 17.5 Å². The molecule has 0 spiro atoms. The quantitative estimate of drug-likeness (QED) is 0.387. The molecule has 1 aromatic carbocycles. The fraction of sp³-hybridized carbons (Fsp3) is 0.333. The lowest BCUT2D eigenvalue weighted by atomic mass is 10.1. The van der Waals surface area contributed by atoms with Crippen molar-refractivity contribution in [3.63, 3.8) is 0 Å². The largest absolute Gasteiger partial charge is 0.479 e. The van der Waals surface area contributed by atoms with Gasteiger partial charge in [-0.25, -0.2) is 9.78 Å². The summed E-state index contributed by atoms with van der Waals surface area (Å²) in [5.41, 5.74) is 7.18. The number of anilines is 2. The van der Waals surface area contributed by atoms with Crippen molar-refractivity contribution in [1.82, 2.24) is 19.5 Å². The first-order valence-corrected chi connectivity index (χ1v) is 8.96. The maximum absolute atomic E-state index is 11.7. The Hall–Kier alpha value is -3.28. The SMILES string of the molecule is Nc1nc(NC(C(=O)O)c2ccccc2)nc2c1ncn2[C@H]1C[C@H](O)[C@@H](CO)O1. The Balaban J connectivity index is 1.68. The van der Waals surface area contributed by atoms with Crippen molar-refractivity contribution >= 4 is 28.9 Å². The second kappa shape index (κ2) is 7.62. The summed E-state index contributed by atoms with van der Waals surface area (Å²) in [5, 5.41) is 31.7. The van der Waals surface area contributed by atoms with Crippen molar-refractivity contribution < 1.29 is 24.9 Å². The highest BCUT2D eigenvalue weighted by atomic mass is 16.5. The minimum absolute atomic E-state index is 0.0188. The van der Waals surface area contributed by atoms with Crippen molar-refractivity contribution in [2.75, 3.05) is 17.7 Å². The highest BCUT2D eigenvalue weighted by molar-refractivity contribution is 5.84. The molecule has 4 atom stereocenters. The molecule has 0 saturated carbocycles. The van der Waals surface area contributed by atoms with Gasteiger partial charge in [0.25, 0.3) is 0 Å². The summed E-state index contributed by atoms with van der Waals surface area (Å²) in [6.07, 6.45) is -0.427. The van der Waals surface area contributed by atoms with E-state index in [2.05, 4.69) is 20.3 Å². The lowest BCUT2D eigenvalue weighted by molar-refractivity contribution is -0.138. The van der Waals surface area contributed by atoms with E-state index >= 15 is 0 Å². The molecule has 11 heteroatoms. The molecule has 0 aliphatic carbocycles. The van der Waals surface area contributed by atoms with Crippen molar-refractivity contribution in [3.8, 4) is 0 Å². The molecule has 1 aliphatic rings. The monoisotopic (exact) mass is 400 g/mol. The van der Waals surface area contributed by atoms with Gasteiger partial charge in [0.1, 0.15) is 17.8 Å². The zero-order valence-electron chi connectivity index (χ0n) is 15.2. The molecule has 3 aromatic rings. The van der Waals surface area contributed by atoms with Gasteiger partial charge >= 0.3 is 5.97 Å². The van der Waals surface area contributed by atoms with Crippen molar-refractivity contribution in [2.45, 2.75) is 30.9 Å². The minimum atomic E-state index is -1.10. The maximum atomic E-state index is 11.7. The Labute approximate surface area is 164 Å². The third-order valence-electron chi connectivity index (χ3n) is 4.80. The van der Waals surface area contributed by atoms with E-state index < -0.39 is 30.4 Å². The van der Waals surface area contributed by atoms with Gasteiger partial charge in [-0.2, -0.15) is 9.97 Å². The smallest absolute Gasteiger partial charge is 0.330 e. The summed E-state index contributed by atoms with van der Waals surface area (Å²) in [6, 6.07) is 7.55. The van der Waals surface area contributed by atoms with Gasteiger partial charge in [-0.15, -0.1) is 0 Å². The normalized spacial score (nSPS) is 22.6. The topological polar surface area (TPSA) is 169 Å². The van der Waals surface area contributed by atoms with Crippen LogP contribution in [0.1, 0.15) is 24.3 Å². The van der Waals surface area contributed by atoms with Crippen LogP contribution in [0, 0.1) is 0 Å². The first-order chi connectivity index (χ1) is 14.0. The summed E-state index contributed by atoms with van der Waals surface area (Å²) >= 11 is 0. The van der Waals surface area contributed by atoms with Gasteiger partial charge in [-0.05, 0) is 5.56 Å². The number of aliphatic carboxylic acids is 1. The molecule has 1 aliphatic heterocycles. The van der Waals surface area contributed by atoms with Gasteiger partial charge in [0, 0.05) is 6.42 Å². The van der Waals surface area contributed by atoms with Crippen LogP contribution in [0.15, 0.2) is 36.7 Å². The first-order valence-electron chi connectivity index (χ1n) is 8.96. The number of nitrogens with zero attached hydrogens (tertiary/aromatic N) is 4. The van der Waals surface area contributed by atoms with E-state index in [9.17, 15) is 20.1 Å². The van der Waals surface area contributed by atoms with Crippen LogP contribution in [0.3, 0.4) is 0 Å². The highest BCUT2D eigenvalue weighted by Crippen LogP contribution is 2.32. The zero-order chi connectivity index (χ0) is 20.5. The average Bonchev–Trinajstić information content (AvgIpc) is 3.30. The number of ether oxygens (including phenoxy) is 1. The molecule has 152 valence electrons. The maximum Gasteiger partial charge on any atom is 0.330 e. The Morgan fingerprint density at radius 2 is 2.10 bits per heavy atom. The number of aliphatic hydroxyl groups is 2. The van der Waals surface area contributed by atoms with Crippen molar-refractivity contribution in [2.24, 2.45) is 0 Å². The number of nitrogen functional groups attached to an aromatic ring is 1. The number of nitrogens with two attached hydrogens (primary N) is 1. The molecule has 2 aromatic heterocycles. The van der Waals surface area contributed by atoms with Gasteiger partial charge in [-0.3, -0.25) is 4.57 Å². The molecule has 29 heavy (non-hydrogen) atoms. The molecule has 0 amide bonds. The van der Waals surface area contributed by atoms with Gasteiger partial charge < -0.3 is 31.1 Å². The Kier molecular flexibility index (Phi) is 5.01. The molecule has 0 radical (unpaired) electrons. The van der Waals surface area contributed by atoms with Crippen molar-refractivity contribution in [1.29, 1.82) is 0 Å². The van der Waals surface area contributed by atoms with Crippen LogP contribution in [-0.4, -0.2) is 59.6 Å². The van der Waals surface area contributed by atoms with Crippen molar-refractivity contribution in [3.05, 3.63) is 42.2 Å².